The Morgan fingerprint density at radius 2 is 2.27 bits per heavy atom. The van der Waals surface area contributed by atoms with Gasteiger partial charge in [0.15, 0.2) is 6.79 Å². The van der Waals surface area contributed by atoms with Gasteiger partial charge in [0.25, 0.3) is 0 Å². The van der Waals surface area contributed by atoms with Crippen molar-refractivity contribution in [2.75, 3.05) is 13.9 Å². The summed E-state index contributed by atoms with van der Waals surface area (Å²) in [5.41, 5.74) is 0.636. The van der Waals surface area contributed by atoms with E-state index in [0.717, 1.165) is 0 Å². The Balaban J connectivity index is 2.74. The number of hydrogen-bond donors (Lipinski definition) is 1. The Kier molecular flexibility index (Phi) is 4.39. The molecule has 0 amide bonds. The smallest absolute Gasteiger partial charge is 0.307 e. The maximum absolute atomic E-state index is 10.4. The van der Waals surface area contributed by atoms with Crippen LogP contribution < -0.4 is 4.74 Å². The molecule has 0 bridgehead atoms. The molecule has 1 N–H and O–H groups in total. The van der Waals surface area contributed by atoms with Gasteiger partial charge in [-0.3, -0.25) is 4.79 Å². The molecular weight excluding hydrogens is 220 g/mol. The SMILES string of the molecule is COCOc1ccc(CC(=O)O)cc1Cl. The van der Waals surface area contributed by atoms with Gasteiger partial charge in [-0.25, -0.2) is 0 Å². The third-order valence-electron chi connectivity index (χ3n) is 1.68. The predicted octanol–water partition coefficient (Wildman–Crippen LogP) is 1.95. The van der Waals surface area contributed by atoms with Crippen LogP contribution in [0.25, 0.3) is 0 Å². The summed E-state index contributed by atoms with van der Waals surface area (Å²) >= 11 is 5.88. The zero-order valence-electron chi connectivity index (χ0n) is 8.20. The summed E-state index contributed by atoms with van der Waals surface area (Å²) in [6.45, 7) is 0.109. The minimum atomic E-state index is -0.892. The monoisotopic (exact) mass is 230 g/mol. The lowest BCUT2D eigenvalue weighted by Gasteiger charge is -2.07. The van der Waals surface area contributed by atoms with Crippen LogP contribution >= 0.6 is 11.6 Å². The second kappa shape index (κ2) is 5.58. The first-order valence-corrected chi connectivity index (χ1v) is 4.63. The van der Waals surface area contributed by atoms with E-state index in [1.165, 1.54) is 7.11 Å². The zero-order chi connectivity index (χ0) is 11.3. The van der Waals surface area contributed by atoms with Crippen molar-refractivity contribution in [3.63, 3.8) is 0 Å². The Morgan fingerprint density at radius 3 is 2.80 bits per heavy atom. The molecule has 0 unspecified atom stereocenters. The van der Waals surface area contributed by atoms with Crippen molar-refractivity contribution >= 4 is 17.6 Å². The lowest BCUT2D eigenvalue weighted by molar-refractivity contribution is -0.136. The predicted molar refractivity (Wildman–Crippen MR) is 55.3 cm³/mol. The molecule has 0 saturated heterocycles. The van der Waals surface area contributed by atoms with E-state index in [9.17, 15) is 4.79 Å². The molecule has 0 atom stereocenters. The molecular formula is C10H11ClO4. The van der Waals surface area contributed by atoms with Gasteiger partial charge in [0.1, 0.15) is 5.75 Å². The third-order valence-corrected chi connectivity index (χ3v) is 1.98. The standard InChI is InChI=1S/C10H11ClO4/c1-14-6-15-9-3-2-7(4-8(9)11)5-10(12)13/h2-4H,5-6H2,1H3,(H,12,13). The number of hydrogen-bond acceptors (Lipinski definition) is 3. The molecule has 0 spiro atoms. The molecule has 0 heterocycles. The number of carbonyl (C=O) groups is 1. The van der Waals surface area contributed by atoms with E-state index in [0.29, 0.717) is 16.3 Å². The second-order valence-corrected chi connectivity index (χ2v) is 3.29. The van der Waals surface area contributed by atoms with E-state index < -0.39 is 5.97 Å². The van der Waals surface area contributed by atoms with Gasteiger partial charge >= 0.3 is 5.97 Å². The molecule has 0 aromatic heterocycles. The summed E-state index contributed by atoms with van der Waals surface area (Å²) in [5.74, 6) is -0.413. The average molecular weight is 231 g/mol. The number of carboxylic acid groups (broad SMARTS) is 1. The first kappa shape index (κ1) is 11.8. The molecule has 5 heteroatoms. The summed E-state index contributed by atoms with van der Waals surface area (Å²) in [6, 6.07) is 4.85. The van der Waals surface area contributed by atoms with Crippen LogP contribution in [0, 0.1) is 0 Å². The Hall–Kier alpha value is -1.26. The van der Waals surface area contributed by atoms with Gasteiger partial charge in [-0.05, 0) is 17.7 Å². The van der Waals surface area contributed by atoms with Crippen LogP contribution in [0.15, 0.2) is 18.2 Å². The number of aliphatic carboxylic acids is 1. The lowest BCUT2D eigenvalue weighted by atomic mass is 10.1. The van der Waals surface area contributed by atoms with Gasteiger partial charge in [-0.2, -0.15) is 0 Å². The molecule has 0 saturated carbocycles. The summed E-state index contributed by atoms with van der Waals surface area (Å²) in [6.07, 6.45) is -0.0513. The van der Waals surface area contributed by atoms with Crippen LogP contribution in [-0.2, 0) is 16.0 Å². The molecule has 0 aliphatic rings. The van der Waals surface area contributed by atoms with Crippen LogP contribution in [0.3, 0.4) is 0 Å². The van der Waals surface area contributed by atoms with Crippen molar-refractivity contribution in [3.8, 4) is 5.75 Å². The minimum absolute atomic E-state index is 0.0513. The summed E-state index contributed by atoms with van der Waals surface area (Å²) in [5, 5.41) is 8.95. The van der Waals surface area contributed by atoms with E-state index >= 15 is 0 Å². The maximum atomic E-state index is 10.4. The lowest BCUT2D eigenvalue weighted by Crippen LogP contribution is -2.02. The normalized spacial score (nSPS) is 10.0. The van der Waals surface area contributed by atoms with Crippen LogP contribution in [0.1, 0.15) is 5.56 Å². The number of methoxy groups -OCH3 is 1. The second-order valence-electron chi connectivity index (χ2n) is 2.89. The molecule has 1 rings (SSSR count). The molecule has 4 nitrogen and oxygen atoms in total. The molecule has 15 heavy (non-hydrogen) atoms. The van der Waals surface area contributed by atoms with E-state index in [2.05, 4.69) is 0 Å². The van der Waals surface area contributed by atoms with Crippen LogP contribution in [0.5, 0.6) is 5.75 Å². The fourth-order valence-electron chi connectivity index (χ4n) is 1.07. The van der Waals surface area contributed by atoms with Gasteiger partial charge < -0.3 is 14.6 Å². The highest BCUT2D eigenvalue weighted by atomic mass is 35.5. The van der Waals surface area contributed by atoms with Crippen molar-refractivity contribution in [1.29, 1.82) is 0 Å². The highest BCUT2D eigenvalue weighted by molar-refractivity contribution is 6.32. The average Bonchev–Trinajstić information content (AvgIpc) is 2.15. The van der Waals surface area contributed by atoms with Crippen molar-refractivity contribution < 1.29 is 19.4 Å². The number of rotatable bonds is 5. The molecule has 0 fully saturated rings. The molecule has 0 aliphatic carbocycles. The van der Waals surface area contributed by atoms with Gasteiger partial charge in [0.2, 0.25) is 0 Å². The Labute approximate surface area is 92.4 Å². The van der Waals surface area contributed by atoms with E-state index in [1.54, 1.807) is 18.2 Å². The summed E-state index contributed by atoms with van der Waals surface area (Å²) in [7, 11) is 1.51. The molecule has 1 aromatic rings. The van der Waals surface area contributed by atoms with E-state index in [1.807, 2.05) is 0 Å². The minimum Gasteiger partial charge on any atom is -0.481 e. The van der Waals surface area contributed by atoms with Crippen molar-refractivity contribution in [2.24, 2.45) is 0 Å². The van der Waals surface area contributed by atoms with Crippen molar-refractivity contribution in [3.05, 3.63) is 28.8 Å². The van der Waals surface area contributed by atoms with Crippen molar-refractivity contribution in [1.82, 2.24) is 0 Å². The Morgan fingerprint density at radius 1 is 1.53 bits per heavy atom. The number of benzene rings is 1. The highest BCUT2D eigenvalue weighted by Crippen LogP contribution is 2.25. The molecule has 0 radical (unpaired) electrons. The first-order chi connectivity index (χ1) is 7.13. The third kappa shape index (κ3) is 3.77. The quantitative estimate of drug-likeness (QED) is 0.786. The van der Waals surface area contributed by atoms with Crippen LogP contribution in [-0.4, -0.2) is 25.0 Å². The van der Waals surface area contributed by atoms with Crippen LogP contribution in [0.2, 0.25) is 5.02 Å². The Bertz CT molecular complexity index is 351. The highest BCUT2D eigenvalue weighted by Gasteiger charge is 2.05. The summed E-state index contributed by atoms with van der Waals surface area (Å²) < 4.78 is 9.86. The number of halogens is 1. The topological polar surface area (TPSA) is 55.8 Å². The van der Waals surface area contributed by atoms with Gasteiger partial charge in [0.05, 0.1) is 11.4 Å². The summed E-state index contributed by atoms with van der Waals surface area (Å²) in [4.78, 5) is 10.4. The van der Waals surface area contributed by atoms with E-state index in [-0.39, 0.29) is 13.2 Å². The largest absolute Gasteiger partial charge is 0.481 e. The van der Waals surface area contributed by atoms with Gasteiger partial charge in [0, 0.05) is 7.11 Å². The van der Waals surface area contributed by atoms with E-state index in [4.69, 9.17) is 26.2 Å². The number of ether oxygens (including phenoxy) is 2. The molecule has 82 valence electrons. The maximum Gasteiger partial charge on any atom is 0.307 e. The molecule has 0 aliphatic heterocycles. The van der Waals surface area contributed by atoms with Gasteiger partial charge in [-0.15, -0.1) is 0 Å². The molecule has 1 aromatic carbocycles. The zero-order valence-corrected chi connectivity index (χ0v) is 8.95. The van der Waals surface area contributed by atoms with Gasteiger partial charge in [-0.1, -0.05) is 17.7 Å². The van der Waals surface area contributed by atoms with Crippen molar-refractivity contribution in [2.45, 2.75) is 6.42 Å². The fraction of sp³-hybridized carbons (Fsp3) is 0.300. The number of carboxylic acids is 1. The van der Waals surface area contributed by atoms with Crippen LogP contribution in [0.4, 0.5) is 0 Å². The first-order valence-electron chi connectivity index (χ1n) is 4.25. The fourth-order valence-corrected chi connectivity index (χ4v) is 1.33.